The number of rotatable bonds is 5. The van der Waals surface area contributed by atoms with Crippen LogP contribution >= 0.6 is 15.9 Å². The van der Waals surface area contributed by atoms with Crippen LogP contribution in [0.3, 0.4) is 0 Å². The first-order valence-electron chi connectivity index (χ1n) is 4.80. The fourth-order valence-electron chi connectivity index (χ4n) is 1.11. The summed E-state index contributed by atoms with van der Waals surface area (Å²) in [5, 5.41) is 8.86. The van der Waals surface area contributed by atoms with Gasteiger partial charge in [-0.15, -0.1) is 6.58 Å². The van der Waals surface area contributed by atoms with Crippen molar-refractivity contribution in [2.45, 2.75) is 13.3 Å². The summed E-state index contributed by atoms with van der Waals surface area (Å²) in [6.45, 7) is 6.19. The minimum Gasteiger partial charge on any atom is -0.493 e. The summed E-state index contributed by atoms with van der Waals surface area (Å²) in [5.41, 5.74) is 1.24. The molecular formula is C12H13BrO3. The van der Waals surface area contributed by atoms with E-state index in [0.29, 0.717) is 16.8 Å². The SMILES string of the molecule is C=C(C)CCOc1cc(Br)cc(C(=O)O)c1. The highest BCUT2D eigenvalue weighted by atomic mass is 79.9. The summed E-state index contributed by atoms with van der Waals surface area (Å²) >= 11 is 3.24. The Labute approximate surface area is 103 Å². The van der Waals surface area contributed by atoms with E-state index in [1.807, 2.05) is 6.92 Å². The van der Waals surface area contributed by atoms with Crippen molar-refractivity contribution in [2.75, 3.05) is 6.61 Å². The lowest BCUT2D eigenvalue weighted by Crippen LogP contribution is -2.01. The van der Waals surface area contributed by atoms with E-state index in [9.17, 15) is 4.79 Å². The van der Waals surface area contributed by atoms with E-state index in [-0.39, 0.29) is 5.56 Å². The van der Waals surface area contributed by atoms with E-state index in [4.69, 9.17) is 9.84 Å². The molecule has 0 atom stereocenters. The molecule has 1 aromatic rings. The molecule has 86 valence electrons. The lowest BCUT2D eigenvalue weighted by molar-refractivity contribution is 0.0696. The first-order valence-corrected chi connectivity index (χ1v) is 5.59. The van der Waals surface area contributed by atoms with Crippen LogP contribution in [-0.4, -0.2) is 17.7 Å². The van der Waals surface area contributed by atoms with Crippen LogP contribution in [0.4, 0.5) is 0 Å². The zero-order chi connectivity index (χ0) is 12.1. The van der Waals surface area contributed by atoms with Gasteiger partial charge < -0.3 is 9.84 Å². The second-order valence-corrected chi connectivity index (χ2v) is 4.45. The molecule has 0 heterocycles. The van der Waals surface area contributed by atoms with Crippen molar-refractivity contribution in [3.05, 3.63) is 40.4 Å². The van der Waals surface area contributed by atoms with Crippen molar-refractivity contribution in [1.82, 2.24) is 0 Å². The second-order valence-electron chi connectivity index (χ2n) is 3.54. The molecule has 0 radical (unpaired) electrons. The highest BCUT2D eigenvalue weighted by molar-refractivity contribution is 9.10. The van der Waals surface area contributed by atoms with Gasteiger partial charge in [0.2, 0.25) is 0 Å². The van der Waals surface area contributed by atoms with Crippen molar-refractivity contribution in [1.29, 1.82) is 0 Å². The maximum absolute atomic E-state index is 10.8. The van der Waals surface area contributed by atoms with Crippen molar-refractivity contribution in [3.63, 3.8) is 0 Å². The van der Waals surface area contributed by atoms with E-state index in [1.54, 1.807) is 6.07 Å². The molecule has 0 saturated heterocycles. The van der Waals surface area contributed by atoms with Crippen LogP contribution in [0.1, 0.15) is 23.7 Å². The summed E-state index contributed by atoms with van der Waals surface area (Å²) in [5.74, 6) is -0.418. The molecular weight excluding hydrogens is 272 g/mol. The molecule has 16 heavy (non-hydrogen) atoms. The van der Waals surface area contributed by atoms with Crippen LogP contribution in [0.5, 0.6) is 5.75 Å². The first kappa shape index (κ1) is 12.8. The molecule has 1 N–H and O–H groups in total. The summed E-state index contributed by atoms with van der Waals surface area (Å²) in [7, 11) is 0. The molecule has 0 fully saturated rings. The van der Waals surface area contributed by atoms with Gasteiger partial charge in [-0.05, 0) is 25.1 Å². The smallest absolute Gasteiger partial charge is 0.335 e. The first-order chi connectivity index (χ1) is 7.49. The molecule has 0 aliphatic heterocycles. The van der Waals surface area contributed by atoms with Crippen molar-refractivity contribution in [3.8, 4) is 5.75 Å². The normalized spacial score (nSPS) is 9.88. The van der Waals surface area contributed by atoms with E-state index in [2.05, 4.69) is 22.5 Å². The Balaban J connectivity index is 2.72. The van der Waals surface area contributed by atoms with Crippen LogP contribution in [0.25, 0.3) is 0 Å². The lowest BCUT2D eigenvalue weighted by Gasteiger charge is -2.07. The molecule has 0 aliphatic carbocycles. The Morgan fingerprint density at radius 2 is 2.19 bits per heavy atom. The average molecular weight is 285 g/mol. The minimum absolute atomic E-state index is 0.208. The molecule has 0 amide bonds. The Bertz CT molecular complexity index is 413. The molecule has 0 saturated carbocycles. The maximum atomic E-state index is 10.8. The second kappa shape index (κ2) is 5.70. The van der Waals surface area contributed by atoms with Gasteiger partial charge in [-0.25, -0.2) is 4.79 Å². The zero-order valence-corrected chi connectivity index (χ0v) is 10.6. The molecule has 1 aromatic carbocycles. The predicted octanol–water partition coefficient (Wildman–Crippen LogP) is 3.49. The number of carbonyl (C=O) groups is 1. The Morgan fingerprint density at radius 3 is 2.75 bits per heavy atom. The van der Waals surface area contributed by atoms with E-state index < -0.39 is 5.97 Å². The van der Waals surface area contributed by atoms with Crippen LogP contribution < -0.4 is 4.74 Å². The van der Waals surface area contributed by atoms with Gasteiger partial charge in [0.25, 0.3) is 0 Å². The Kier molecular flexibility index (Phi) is 4.55. The number of ether oxygens (including phenoxy) is 1. The van der Waals surface area contributed by atoms with Gasteiger partial charge in [-0.1, -0.05) is 21.5 Å². The topological polar surface area (TPSA) is 46.5 Å². The van der Waals surface area contributed by atoms with Gasteiger partial charge in [-0.2, -0.15) is 0 Å². The monoisotopic (exact) mass is 284 g/mol. The molecule has 1 rings (SSSR count). The number of aromatic carboxylic acids is 1. The van der Waals surface area contributed by atoms with Gasteiger partial charge >= 0.3 is 5.97 Å². The summed E-state index contributed by atoms with van der Waals surface area (Å²) < 4.78 is 6.13. The number of hydrogen-bond acceptors (Lipinski definition) is 2. The number of halogens is 1. The van der Waals surface area contributed by atoms with Gasteiger partial charge in [0.05, 0.1) is 12.2 Å². The van der Waals surface area contributed by atoms with Crippen molar-refractivity contribution < 1.29 is 14.6 Å². The van der Waals surface area contributed by atoms with Gasteiger partial charge in [0, 0.05) is 10.9 Å². The predicted molar refractivity (Wildman–Crippen MR) is 66.0 cm³/mol. The Morgan fingerprint density at radius 1 is 1.50 bits per heavy atom. The third-order valence-electron chi connectivity index (χ3n) is 1.92. The van der Waals surface area contributed by atoms with E-state index >= 15 is 0 Å². The van der Waals surface area contributed by atoms with Crippen LogP contribution in [0.2, 0.25) is 0 Å². The molecule has 0 unspecified atom stereocenters. The molecule has 3 nitrogen and oxygen atoms in total. The maximum Gasteiger partial charge on any atom is 0.335 e. The molecule has 0 bridgehead atoms. The minimum atomic E-state index is -0.967. The number of carboxylic acid groups (broad SMARTS) is 1. The van der Waals surface area contributed by atoms with E-state index in [0.717, 1.165) is 12.0 Å². The highest BCUT2D eigenvalue weighted by Gasteiger charge is 2.06. The fraction of sp³-hybridized carbons (Fsp3) is 0.250. The Hall–Kier alpha value is -1.29. The number of hydrogen-bond donors (Lipinski definition) is 1. The fourth-order valence-corrected chi connectivity index (χ4v) is 1.58. The highest BCUT2D eigenvalue weighted by Crippen LogP contribution is 2.21. The third kappa shape index (κ3) is 4.06. The van der Waals surface area contributed by atoms with Crippen LogP contribution in [0.15, 0.2) is 34.8 Å². The molecule has 4 heteroatoms. The lowest BCUT2D eigenvalue weighted by atomic mass is 10.2. The summed E-state index contributed by atoms with van der Waals surface area (Å²) in [6, 6.07) is 4.78. The molecule has 0 aromatic heterocycles. The van der Waals surface area contributed by atoms with Crippen LogP contribution in [-0.2, 0) is 0 Å². The average Bonchev–Trinajstić information content (AvgIpc) is 2.16. The van der Waals surface area contributed by atoms with Crippen LogP contribution in [0, 0.1) is 0 Å². The third-order valence-corrected chi connectivity index (χ3v) is 2.37. The molecule has 0 spiro atoms. The largest absolute Gasteiger partial charge is 0.493 e. The van der Waals surface area contributed by atoms with Crippen molar-refractivity contribution in [2.24, 2.45) is 0 Å². The number of carboxylic acids is 1. The quantitative estimate of drug-likeness (QED) is 0.842. The number of benzene rings is 1. The van der Waals surface area contributed by atoms with Gasteiger partial charge in [0.15, 0.2) is 0 Å². The van der Waals surface area contributed by atoms with Crippen molar-refractivity contribution >= 4 is 21.9 Å². The van der Waals surface area contributed by atoms with E-state index in [1.165, 1.54) is 12.1 Å². The summed E-state index contributed by atoms with van der Waals surface area (Å²) in [4.78, 5) is 10.8. The summed E-state index contributed by atoms with van der Waals surface area (Å²) in [6.07, 6.45) is 0.759. The van der Waals surface area contributed by atoms with Gasteiger partial charge in [0.1, 0.15) is 5.75 Å². The molecule has 0 aliphatic rings. The standard InChI is InChI=1S/C12H13BrO3/c1-8(2)3-4-16-11-6-9(12(14)15)5-10(13)7-11/h5-7H,1,3-4H2,2H3,(H,14,15). The van der Waals surface area contributed by atoms with Gasteiger partial charge in [-0.3, -0.25) is 0 Å². The zero-order valence-electron chi connectivity index (χ0n) is 9.00.